The maximum atomic E-state index is 11.3. The van der Waals surface area contributed by atoms with Gasteiger partial charge in [-0.05, 0) is 25.4 Å². The van der Waals surface area contributed by atoms with Crippen LogP contribution >= 0.6 is 11.5 Å². The number of aryl methyl sites for hydroxylation is 1. The van der Waals surface area contributed by atoms with E-state index in [1.807, 2.05) is 0 Å². The molecule has 0 aromatic carbocycles. The first-order valence-corrected chi connectivity index (χ1v) is 4.64. The average Bonchev–Trinajstić information content (AvgIpc) is 2.47. The van der Waals surface area contributed by atoms with Crippen molar-refractivity contribution in [2.24, 2.45) is 0 Å². The fourth-order valence-corrected chi connectivity index (χ4v) is 1.33. The zero-order valence-electron chi connectivity index (χ0n) is 7.44. The van der Waals surface area contributed by atoms with Gasteiger partial charge in [0.15, 0.2) is 0 Å². The minimum absolute atomic E-state index is 0.228. The molecular formula is C7H11N3O2S. The largest absolute Gasteiger partial charge is 0.392 e. The van der Waals surface area contributed by atoms with Crippen molar-refractivity contribution in [2.75, 3.05) is 6.54 Å². The topological polar surface area (TPSA) is 75.1 Å². The van der Waals surface area contributed by atoms with Crippen LogP contribution in [0.4, 0.5) is 0 Å². The van der Waals surface area contributed by atoms with Crippen LogP contribution in [0.5, 0.6) is 0 Å². The number of nitrogens with zero attached hydrogens (tertiary/aromatic N) is 2. The van der Waals surface area contributed by atoms with E-state index in [9.17, 15) is 4.79 Å². The second kappa shape index (κ2) is 4.29. The molecule has 0 bridgehead atoms. The number of aromatic nitrogens is 2. The predicted octanol–water partition coefficient (Wildman–Crippen LogP) is -0.0429. The van der Waals surface area contributed by atoms with Crippen LogP contribution in [0.25, 0.3) is 0 Å². The SMILES string of the molecule is Cc1nnsc1C(=O)NC[C@H](C)O. The number of aliphatic hydroxyl groups is 1. The fraction of sp³-hybridized carbons (Fsp3) is 0.571. The van der Waals surface area contributed by atoms with Gasteiger partial charge >= 0.3 is 0 Å². The van der Waals surface area contributed by atoms with Gasteiger partial charge in [-0.3, -0.25) is 4.79 Å². The second-order valence-electron chi connectivity index (χ2n) is 2.75. The number of hydrogen-bond donors (Lipinski definition) is 2. The van der Waals surface area contributed by atoms with Crippen molar-refractivity contribution in [3.8, 4) is 0 Å². The van der Waals surface area contributed by atoms with Crippen LogP contribution < -0.4 is 5.32 Å². The van der Waals surface area contributed by atoms with E-state index in [1.54, 1.807) is 13.8 Å². The number of nitrogens with one attached hydrogen (secondary N) is 1. The number of carbonyl (C=O) groups excluding carboxylic acids is 1. The highest BCUT2D eigenvalue weighted by Gasteiger charge is 2.12. The van der Waals surface area contributed by atoms with E-state index in [0.717, 1.165) is 11.5 Å². The maximum Gasteiger partial charge on any atom is 0.265 e. The second-order valence-corrected chi connectivity index (χ2v) is 3.50. The van der Waals surface area contributed by atoms with Crippen LogP contribution in [0, 0.1) is 6.92 Å². The Bertz CT molecular complexity index is 298. The summed E-state index contributed by atoms with van der Waals surface area (Å²) in [6.45, 7) is 3.58. The van der Waals surface area contributed by atoms with Gasteiger partial charge in [0.2, 0.25) is 0 Å². The number of carbonyl (C=O) groups is 1. The Hall–Kier alpha value is -1.01. The summed E-state index contributed by atoms with van der Waals surface area (Å²) in [6.07, 6.45) is -0.537. The zero-order chi connectivity index (χ0) is 9.84. The standard InChI is InChI=1S/C7H11N3O2S/c1-4(11)3-8-7(12)6-5(2)9-10-13-6/h4,11H,3H2,1-2H3,(H,8,12)/t4-/m0/s1. The molecule has 0 aliphatic rings. The van der Waals surface area contributed by atoms with E-state index in [-0.39, 0.29) is 12.5 Å². The summed E-state index contributed by atoms with van der Waals surface area (Å²) in [5.74, 6) is -0.228. The van der Waals surface area contributed by atoms with Gasteiger partial charge in [-0.2, -0.15) is 0 Å². The van der Waals surface area contributed by atoms with Gasteiger partial charge in [-0.1, -0.05) is 4.49 Å². The lowest BCUT2D eigenvalue weighted by Gasteiger charge is -2.04. The Morgan fingerprint density at radius 1 is 1.77 bits per heavy atom. The molecule has 1 aromatic rings. The third-order valence-electron chi connectivity index (χ3n) is 1.42. The fourth-order valence-electron chi connectivity index (χ4n) is 0.760. The summed E-state index contributed by atoms with van der Waals surface area (Å²) >= 11 is 1.05. The summed E-state index contributed by atoms with van der Waals surface area (Å²) in [5.41, 5.74) is 0.619. The molecule has 72 valence electrons. The molecule has 0 saturated heterocycles. The van der Waals surface area contributed by atoms with Crippen molar-refractivity contribution in [3.05, 3.63) is 10.6 Å². The third kappa shape index (κ3) is 2.74. The highest BCUT2D eigenvalue weighted by atomic mass is 32.1. The lowest BCUT2D eigenvalue weighted by molar-refractivity contribution is 0.0927. The summed E-state index contributed by atoms with van der Waals surface area (Å²) in [5, 5.41) is 15.2. The van der Waals surface area contributed by atoms with Gasteiger partial charge in [-0.15, -0.1) is 5.10 Å². The maximum absolute atomic E-state index is 11.3. The lowest BCUT2D eigenvalue weighted by Crippen LogP contribution is -2.30. The molecule has 6 heteroatoms. The monoisotopic (exact) mass is 201 g/mol. The van der Waals surface area contributed by atoms with Crippen molar-refractivity contribution in [2.45, 2.75) is 20.0 Å². The molecule has 0 aliphatic heterocycles. The molecule has 0 aliphatic carbocycles. The van der Waals surface area contributed by atoms with Gasteiger partial charge in [-0.25, -0.2) is 0 Å². The molecule has 0 radical (unpaired) electrons. The van der Waals surface area contributed by atoms with E-state index in [0.29, 0.717) is 10.6 Å². The zero-order valence-corrected chi connectivity index (χ0v) is 8.26. The molecular weight excluding hydrogens is 190 g/mol. The summed E-state index contributed by atoms with van der Waals surface area (Å²) in [4.78, 5) is 11.8. The first-order chi connectivity index (χ1) is 6.11. The Morgan fingerprint density at radius 3 is 2.92 bits per heavy atom. The van der Waals surface area contributed by atoms with Crippen LogP contribution in [0.3, 0.4) is 0 Å². The van der Waals surface area contributed by atoms with E-state index in [4.69, 9.17) is 5.11 Å². The summed E-state index contributed by atoms with van der Waals surface area (Å²) < 4.78 is 3.64. The predicted molar refractivity (Wildman–Crippen MR) is 48.7 cm³/mol. The van der Waals surface area contributed by atoms with Crippen LogP contribution in [0.1, 0.15) is 22.3 Å². The molecule has 5 nitrogen and oxygen atoms in total. The van der Waals surface area contributed by atoms with E-state index in [1.165, 1.54) is 0 Å². The molecule has 1 atom stereocenters. The normalized spacial score (nSPS) is 12.5. The smallest absolute Gasteiger partial charge is 0.265 e. The first kappa shape index (κ1) is 10.1. The molecule has 1 heterocycles. The molecule has 1 aromatic heterocycles. The van der Waals surface area contributed by atoms with E-state index < -0.39 is 6.10 Å². The molecule has 2 N–H and O–H groups in total. The van der Waals surface area contributed by atoms with Crippen molar-refractivity contribution >= 4 is 17.4 Å². The number of hydrogen-bond acceptors (Lipinski definition) is 5. The third-order valence-corrected chi connectivity index (χ3v) is 2.24. The molecule has 13 heavy (non-hydrogen) atoms. The minimum atomic E-state index is -0.537. The van der Waals surface area contributed by atoms with Crippen molar-refractivity contribution < 1.29 is 9.90 Å². The quantitative estimate of drug-likeness (QED) is 0.719. The molecule has 1 amide bonds. The molecule has 0 fully saturated rings. The first-order valence-electron chi connectivity index (χ1n) is 3.86. The van der Waals surface area contributed by atoms with Crippen LogP contribution in [0.2, 0.25) is 0 Å². The van der Waals surface area contributed by atoms with Crippen LogP contribution in [-0.2, 0) is 0 Å². The van der Waals surface area contributed by atoms with Gasteiger partial charge in [0.1, 0.15) is 4.88 Å². The highest BCUT2D eigenvalue weighted by Crippen LogP contribution is 2.07. The van der Waals surface area contributed by atoms with Gasteiger partial charge in [0.25, 0.3) is 5.91 Å². The van der Waals surface area contributed by atoms with Crippen molar-refractivity contribution in [1.82, 2.24) is 14.9 Å². The van der Waals surface area contributed by atoms with Crippen LogP contribution in [0.15, 0.2) is 0 Å². The number of amides is 1. The lowest BCUT2D eigenvalue weighted by atomic mass is 10.3. The molecule has 0 spiro atoms. The summed E-state index contributed by atoms with van der Waals surface area (Å²) in [7, 11) is 0. The molecule has 0 unspecified atom stereocenters. The van der Waals surface area contributed by atoms with E-state index >= 15 is 0 Å². The van der Waals surface area contributed by atoms with Crippen LogP contribution in [-0.4, -0.2) is 33.2 Å². The minimum Gasteiger partial charge on any atom is -0.392 e. The van der Waals surface area contributed by atoms with E-state index in [2.05, 4.69) is 14.9 Å². The van der Waals surface area contributed by atoms with Gasteiger partial charge in [0.05, 0.1) is 11.8 Å². The Morgan fingerprint density at radius 2 is 2.46 bits per heavy atom. The van der Waals surface area contributed by atoms with Gasteiger partial charge < -0.3 is 10.4 Å². The van der Waals surface area contributed by atoms with Crippen molar-refractivity contribution in [1.29, 1.82) is 0 Å². The number of aliphatic hydroxyl groups excluding tert-OH is 1. The van der Waals surface area contributed by atoms with Gasteiger partial charge in [0, 0.05) is 6.54 Å². The Balaban J connectivity index is 2.54. The molecule has 0 saturated carbocycles. The average molecular weight is 201 g/mol. The Kier molecular flexibility index (Phi) is 3.32. The van der Waals surface area contributed by atoms with Crippen molar-refractivity contribution in [3.63, 3.8) is 0 Å². The molecule has 1 rings (SSSR count). The Labute approximate surface area is 80.0 Å². The summed E-state index contributed by atoms with van der Waals surface area (Å²) in [6, 6.07) is 0. The number of rotatable bonds is 3. The highest BCUT2D eigenvalue weighted by molar-refractivity contribution is 7.07.